The molecular weight excluding hydrogens is 186 g/mol. The van der Waals surface area contributed by atoms with Gasteiger partial charge in [0.15, 0.2) is 0 Å². The van der Waals surface area contributed by atoms with Crippen LogP contribution < -0.4 is 5.32 Å². The predicted molar refractivity (Wildman–Crippen MR) is 52.5 cm³/mol. The van der Waals surface area contributed by atoms with E-state index in [1.807, 2.05) is 6.92 Å². The lowest BCUT2D eigenvalue weighted by Crippen LogP contribution is -2.47. The van der Waals surface area contributed by atoms with Crippen molar-refractivity contribution in [3.05, 3.63) is 12.7 Å². The summed E-state index contributed by atoms with van der Waals surface area (Å²) in [6.07, 6.45) is 0.0333. The molecule has 0 heterocycles. The van der Waals surface area contributed by atoms with Gasteiger partial charge in [0.1, 0.15) is 0 Å². The van der Waals surface area contributed by atoms with E-state index in [0.29, 0.717) is 6.42 Å². The topological polar surface area (TPSA) is 82.0 Å². The summed E-state index contributed by atoms with van der Waals surface area (Å²) in [6.45, 7) is 5.13. The van der Waals surface area contributed by atoms with E-state index in [-0.39, 0.29) is 19.3 Å². The molecule has 0 bridgehead atoms. The number of aliphatic hydroxyl groups excluding tert-OH is 3. The molecule has 5 heteroatoms. The Kier molecular flexibility index (Phi) is 7.64. The highest BCUT2D eigenvalue weighted by atomic mass is 16.6. The molecule has 84 valence electrons. The third-order valence-electron chi connectivity index (χ3n) is 1.82. The van der Waals surface area contributed by atoms with Crippen molar-refractivity contribution in [2.24, 2.45) is 0 Å². The molecule has 0 aliphatic carbocycles. The van der Waals surface area contributed by atoms with Gasteiger partial charge in [-0.05, 0) is 6.42 Å². The van der Waals surface area contributed by atoms with E-state index in [1.165, 1.54) is 6.08 Å². The first-order valence-corrected chi connectivity index (χ1v) is 4.61. The second-order valence-corrected chi connectivity index (χ2v) is 2.91. The van der Waals surface area contributed by atoms with Crippen LogP contribution in [0.25, 0.3) is 0 Å². The Hall–Kier alpha value is -0.460. The van der Waals surface area contributed by atoms with E-state index in [4.69, 9.17) is 9.84 Å². The summed E-state index contributed by atoms with van der Waals surface area (Å²) in [5, 5.41) is 29.9. The Bertz CT molecular complexity index is 154. The zero-order valence-electron chi connectivity index (χ0n) is 8.39. The first kappa shape index (κ1) is 13.5. The maximum absolute atomic E-state index is 9.29. The maximum atomic E-state index is 9.29. The Morgan fingerprint density at radius 2 is 2.14 bits per heavy atom. The van der Waals surface area contributed by atoms with Crippen LogP contribution in [0.1, 0.15) is 13.3 Å². The van der Waals surface area contributed by atoms with Gasteiger partial charge in [0.25, 0.3) is 0 Å². The van der Waals surface area contributed by atoms with Crippen molar-refractivity contribution in [3.63, 3.8) is 0 Å². The quantitative estimate of drug-likeness (QED) is 0.308. The molecule has 0 fully saturated rings. The van der Waals surface area contributed by atoms with E-state index < -0.39 is 12.5 Å². The Labute approximate surface area is 84.0 Å². The first-order valence-electron chi connectivity index (χ1n) is 4.61. The van der Waals surface area contributed by atoms with Crippen LogP contribution in [0.2, 0.25) is 0 Å². The van der Waals surface area contributed by atoms with Gasteiger partial charge in [0, 0.05) is 6.04 Å². The predicted octanol–water partition coefficient (Wildman–Crippen LogP) is -0.814. The minimum Gasteiger partial charge on any atom is -0.394 e. The fourth-order valence-corrected chi connectivity index (χ4v) is 1.02. The molecule has 0 saturated heterocycles. The number of rotatable bonds is 8. The number of aliphatic hydroxyl groups is 3. The molecule has 0 spiro atoms. The summed E-state index contributed by atoms with van der Waals surface area (Å²) in [5.74, 6) is 0. The van der Waals surface area contributed by atoms with Crippen LogP contribution in [0, 0.1) is 0 Å². The highest BCUT2D eigenvalue weighted by molar-refractivity contribution is 4.73. The Morgan fingerprint density at radius 1 is 1.50 bits per heavy atom. The normalized spacial score (nSPS) is 17.4. The molecule has 5 nitrogen and oxygen atoms in total. The number of ether oxygens (including phenoxy) is 1. The van der Waals surface area contributed by atoms with Gasteiger partial charge in [0.2, 0.25) is 6.41 Å². The van der Waals surface area contributed by atoms with E-state index in [1.54, 1.807) is 0 Å². The van der Waals surface area contributed by atoms with Gasteiger partial charge in [-0.15, -0.1) is 6.58 Å². The molecule has 0 aliphatic heterocycles. The molecule has 0 rings (SSSR count). The molecule has 0 unspecified atom stereocenters. The minimum absolute atomic E-state index is 0.222. The lowest BCUT2D eigenvalue weighted by atomic mass is 10.1. The van der Waals surface area contributed by atoms with Crippen LogP contribution in [0.15, 0.2) is 12.7 Å². The molecule has 0 aromatic heterocycles. The summed E-state index contributed by atoms with van der Waals surface area (Å²) in [5.41, 5.74) is 0. The average Bonchev–Trinajstić information content (AvgIpc) is 2.21. The monoisotopic (exact) mass is 205 g/mol. The largest absolute Gasteiger partial charge is 0.394 e. The van der Waals surface area contributed by atoms with E-state index in [2.05, 4.69) is 11.9 Å². The molecule has 0 aromatic carbocycles. The van der Waals surface area contributed by atoms with Crippen LogP contribution >= 0.6 is 0 Å². The Balaban J connectivity index is 3.84. The molecule has 0 aromatic rings. The van der Waals surface area contributed by atoms with Crippen LogP contribution in [0.5, 0.6) is 0 Å². The van der Waals surface area contributed by atoms with Crippen molar-refractivity contribution in [3.8, 4) is 0 Å². The van der Waals surface area contributed by atoms with E-state index in [9.17, 15) is 10.2 Å². The molecule has 3 atom stereocenters. The van der Waals surface area contributed by atoms with Crippen molar-refractivity contribution in [1.29, 1.82) is 0 Å². The third-order valence-corrected chi connectivity index (χ3v) is 1.82. The smallest absolute Gasteiger partial charge is 0.214 e. The third kappa shape index (κ3) is 5.31. The number of nitrogens with one attached hydrogen (secondary N) is 1. The SMILES string of the molecule is C=CCO[C@@H](O)N[C@@H](CC)[C@H](O)CO. The van der Waals surface area contributed by atoms with Crippen molar-refractivity contribution in [2.45, 2.75) is 31.9 Å². The minimum atomic E-state index is -1.15. The van der Waals surface area contributed by atoms with Gasteiger partial charge in [-0.1, -0.05) is 13.0 Å². The van der Waals surface area contributed by atoms with Gasteiger partial charge in [-0.3, -0.25) is 5.32 Å². The van der Waals surface area contributed by atoms with E-state index in [0.717, 1.165) is 0 Å². The molecule has 14 heavy (non-hydrogen) atoms. The number of hydrogen-bond acceptors (Lipinski definition) is 5. The zero-order valence-corrected chi connectivity index (χ0v) is 8.39. The van der Waals surface area contributed by atoms with Crippen molar-refractivity contribution >= 4 is 0 Å². The van der Waals surface area contributed by atoms with Crippen LogP contribution in [0.3, 0.4) is 0 Å². The summed E-state index contributed by atoms with van der Waals surface area (Å²) in [4.78, 5) is 0. The molecule has 0 saturated carbocycles. The van der Waals surface area contributed by atoms with Crippen LogP contribution in [-0.4, -0.2) is 47.1 Å². The molecular formula is C9H19NO4. The van der Waals surface area contributed by atoms with Crippen LogP contribution in [-0.2, 0) is 4.74 Å². The zero-order chi connectivity index (χ0) is 11.0. The van der Waals surface area contributed by atoms with Crippen LogP contribution in [0.4, 0.5) is 0 Å². The molecule has 0 amide bonds. The molecule has 4 N–H and O–H groups in total. The summed E-state index contributed by atoms with van der Waals surface area (Å²) in [7, 11) is 0. The average molecular weight is 205 g/mol. The first-order chi connectivity index (χ1) is 6.65. The van der Waals surface area contributed by atoms with Crippen molar-refractivity contribution < 1.29 is 20.1 Å². The maximum Gasteiger partial charge on any atom is 0.214 e. The van der Waals surface area contributed by atoms with E-state index >= 15 is 0 Å². The van der Waals surface area contributed by atoms with Gasteiger partial charge in [0.05, 0.1) is 19.3 Å². The second-order valence-electron chi connectivity index (χ2n) is 2.91. The van der Waals surface area contributed by atoms with Gasteiger partial charge in [-0.25, -0.2) is 0 Å². The van der Waals surface area contributed by atoms with Gasteiger partial charge in [-0.2, -0.15) is 0 Å². The van der Waals surface area contributed by atoms with Crippen molar-refractivity contribution in [2.75, 3.05) is 13.2 Å². The lowest BCUT2D eigenvalue weighted by molar-refractivity contribution is -0.125. The highest BCUT2D eigenvalue weighted by Crippen LogP contribution is 1.99. The summed E-state index contributed by atoms with van der Waals surface area (Å²) >= 11 is 0. The number of hydrogen-bond donors (Lipinski definition) is 4. The second kappa shape index (κ2) is 7.90. The van der Waals surface area contributed by atoms with Crippen molar-refractivity contribution in [1.82, 2.24) is 5.32 Å². The Morgan fingerprint density at radius 3 is 2.57 bits per heavy atom. The molecule has 0 aliphatic rings. The lowest BCUT2D eigenvalue weighted by Gasteiger charge is -2.24. The van der Waals surface area contributed by atoms with Gasteiger partial charge < -0.3 is 20.1 Å². The molecule has 0 radical (unpaired) electrons. The highest BCUT2D eigenvalue weighted by Gasteiger charge is 2.18. The fourth-order valence-electron chi connectivity index (χ4n) is 1.02. The fraction of sp³-hybridized carbons (Fsp3) is 0.778. The summed E-state index contributed by atoms with van der Waals surface area (Å²) < 4.78 is 4.85. The summed E-state index contributed by atoms with van der Waals surface area (Å²) in [6, 6.07) is -0.389. The standard InChI is InChI=1S/C9H19NO4/c1-3-5-14-9(13)10-7(4-2)8(12)6-11/h3,7-13H,1,4-6H2,2H3/t7-,8+,9+/m0/s1. The van der Waals surface area contributed by atoms with Gasteiger partial charge >= 0.3 is 0 Å².